The first-order chi connectivity index (χ1) is 9.56. The summed E-state index contributed by atoms with van der Waals surface area (Å²) < 4.78 is 7.23. The first-order valence-electron chi connectivity index (χ1n) is 7.06. The van der Waals surface area contributed by atoms with Gasteiger partial charge in [0.15, 0.2) is 0 Å². The molecule has 1 aromatic heterocycles. The lowest BCUT2D eigenvalue weighted by Gasteiger charge is -2.35. The number of aromatic nitrogens is 3. The molecule has 7 heteroatoms. The maximum atomic E-state index is 12.0. The Labute approximate surface area is 119 Å². The van der Waals surface area contributed by atoms with Gasteiger partial charge in [-0.15, -0.1) is 0 Å². The van der Waals surface area contributed by atoms with Gasteiger partial charge in [-0.05, 0) is 20.8 Å². The van der Waals surface area contributed by atoms with Gasteiger partial charge in [0.25, 0.3) is 0 Å². The van der Waals surface area contributed by atoms with Crippen molar-refractivity contribution in [2.24, 2.45) is 0 Å². The van der Waals surface area contributed by atoms with E-state index in [1.165, 1.54) is 6.33 Å². The maximum absolute atomic E-state index is 12.0. The number of morpholine rings is 1. The minimum absolute atomic E-state index is 0.0372. The van der Waals surface area contributed by atoms with Crippen molar-refractivity contribution in [2.45, 2.75) is 39.0 Å². The van der Waals surface area contributed by atoms with Crippen LogP contribution >= 0.6 is 0 Å². The molecular weight excluding hydrogens is 258 g/mol. The third-order valence-electron chi connectivity index (χ3n) is 3.44. The van der Waals surface area contributed by atoms with Gasteiger partial charge < -0.3 is 10.1 Å². The highest BCUT2D eigenvalue weighted by molar-refractivity contribution is 5.79. The van der Waals surface area contributed by atoms with Crippen LogP contribution in [0.15, 0.2) is 12.7 Å². The Morgan fingerprint density at radius 3 is 2.75 bits per heavy atom. The SMILES string of the molecule is C[C@@H]1CN(CCNC(=O)[C@H](C)n2cncn2)C[C@H](C)O1. The van der Waals surface area contributed by atoms with Crippen molar-refractivity contribution in [3.63, 3.8) is 0 Å². The van der Waals surface area contributed by atoms with Crippen LogP contribution in [0.4, 0.5) is 0 Å². The van der Waals surface area contributed by atoms with Crippen LogP contribution in [0.3, 0.4) is 0 Å². The van der Waals surface area contributed by atoms with Crippen molar-refractivity contribution in [3.05, 3.63) is 12.7 Å². The zero-order chi connectivity index (χ0) is 14.5. The number of hydrogen-bond acceptors (Lipinski definition) is 5. The minimum Gasteiger partial charge on any atom is -0.373 e. The number of carbonyl (C=O) groups is 1. The van der Waals surface area contributed by atoms with Crippen LogP contribution in [0.2, 0.25) is 0 Å². The number of ether oxygens (including phenoxy) is 1. The molecule has 7 nitrogen and oxygen atoms in total. The van der Waals surface area contributed by atoms with Crippen molar-refractivity contribution in [1.82, 2.24) is 25.0 Å². The summed E-state index contributed by atoms with van der Waals surface area (Å²) in [6.07, 6.45) is 3.49. The van der Waals surface area contributed by atoms with Gasteiger partial charge in [0, 0.05) is 26.2 Å². The van der Waals surface area contributed by atoms with E-state index in [1.807, 2.05) is 6.92 Å². The van der Waals surface area contributed by atoms with Crippen LogP contribution in [0, 0.1) is 0 Å². The lowest BCUT2D eigenvalue weighted by atomic mass is 10.2. The summed E-state index contributed by atoms with van der Waals surface area (Å²) in [5, 5.41) is 6.91. The molecular formula is C13H23N5O2. The molecule has 1 aromatic rings. The number of nitrogens with one attached hydrogen (secondary N) is 1. The lowest BCUT2D eigenvalue weighted by Crippen LogP contribution is -2.48. The van der Waals surface area contributed by atoms with Crippen molar-refractivity contribution in [2.75, 3.05) is 26.2 Å². The van der Waals surface area contributed by atoms with E-state index in [0.29, 0.717) is 6.54 Å². The Morgan fingerprint density at radius 1 is 1.45 bits per heavy atom. The summed E-state index contributed by atoms with van der Waals surface area (Å²) in [6.45, 7) is 9.27. The fraction of sp³-hybridized carbons (Fsp3) is 0.769. The molecule has 0 aromatic carbocycles. The van der Waals surface area contributed by atoms with Gasteiger partial charge in [0.05, 0.1) is 12.2 Å². The van der Waals surface area contributed by atoms with Gasteiger partial charge in [0.2, 0.25) is 5.91 Å². The molecule has 0 radical (unpaired) electrons. The highest BCUT2D eigenvalue weighted by Gasteiger charge is 2.22. The first kappa shape index (κ1) is 14.9. The van der Waals surface area contributed by atoms with E-state index in [1.54, 1.807) is 11.0 Å². The zero-order valence-electron chi connectivity index (χ0n) is 12.3. The van der Waals surface area contributed by atoms with Crippen LogP contribution < -0.4 is 5.32 Å². The van der Waals surface area contributed by atoms with Gasteiger partial charge in [-0.1, -0.05) is 0 Å². The molecule has 112 valence electrons. The number of rotatable bonds is 5. The minimum atomic E-state index is -0.333. The summed E-state index contributed by atoms with van der Waals surface area (Å²) in [7, 11) is 0. The van der Waals surface area contributed by atoms with Gasteiger partial charge in [0.1, 0.15) is 18.7 Å². The third kappa shape index (κ3) is 4.01. The zero-order valence-corrected chi connectivity index (χ0v) is 12.3. The van der Waals surface area contributed by atoms with E-state index in [2.05, 4.69) is 34.1 Å². The second-order valence-electron chi connectivity index (χ2n) is 5.36. The predicted octanol–water partition coefficient (Wildman–Crippen LogP) is 0.0645. The Hall–Kier alpha value is -1.47. The number of nitrogens with zero attached hydrogens (tertiary/aromatic N) is 4. The van der Waals surface area contributed by atoms with E-state index in [0.717, 1.165) is 19.6 Å². The first-order valence-corrected chi connectivity index (χ1v) is 7.06. The predicted molar refractivity (Wildman–Crippen MR) is 74.2 cm³/mol. The Kier molecular flexibility index (Phi) is 5.08. The van der Waals surface area contributed by atoms with Crippen LogP contribution in [-0.2, 0) is 9.53 Å². The molecule has 0 saturated carbocycles. The Morgan fingerprint density at radius 2 is 2.15 bits per heavy atom. The van der Waals surface area contributed by atoms with E-state index in [-0.39, 0.29) is 24.2 Å². The summed E-state index contributed by atoms with van der Waals surface area (Å²) in [5.74, 6) is -0.0372. The molecule has 1 fully saturated rings. The molecule has 1 N–H and O–H groups in total. The van der Waals surface area contributed by atoms with Crippen LogP contribution in [0.5, 0.6) is 0 Å². The van der Waals surface area contributed by atoms with Crippen molar-refractivity contribution < 1.29 is 9.53 Å². The molecule has 0 bridgehead atoms. The molecule has 0 unspecified atom stereocenters. The Bertz CT molecular complexity index is 412. The average molecular weight is 281 g/mol. The number of amides is 1. The molecule has 1 aliphatic heterocycles. The van der Waals surface area contributed by atoms with Crippen LogP contribution in [0.25, 0.3) is 0 Å². The summed E-state index contributed by atoms with van der Waals surface area (Å²) in [6, 6.07) is -0.333. The quantitative estimate of drug-likeness (QED) is 0.826. The van der Waals surface area contributed by atoms with Crippen molar-refractivity contribution in [3.8, 4) is 0 Å². The van der Waals surface area contributed by atoms with Gasteiger partial charge >= 0.3 is 0 Å². The average Bonchev–Trinajstić information content (AvgIpc) is 2.90. The molecule has 0 aliphatic carbocycles. The van der Waals surface area contributed by atoms with E-state index >= 15 is 0 Å². The molecule has 2 rings (SSSR count). The van der Waals surface area contributed by atoms with Crippen LogP contribution in [0.1, 0.15) is 26.8 Å². The lowest BCUT2D eigenvalue weighted by molar-refractivity contribution is -0.124. The molecule has 20 heavy (non-hydrogen) atoms. The standard InChI is InChI=1S/C13H23N5O2/c1-10-6-17(7-11(2)20-10)5-4-15-13(19)12(3)18-9-14-8-16-18/h8-12H,4-7H2,1-3H3,(H,15,19)/t10-,11+,12-/m0/s1. The highest BCUT2D eigenvalue weighted by Crippen LogP contribution is 2.09. The van der Waals surface area contributed by atoms with E-state index in [9.17, 15) is 4.79 Å². The monoisotopic (exact) mass is 281 g/mol. The highest BCUT2D eigenvalue weighted by atomic mass is 16.5. The largest absolute Gasteiger partial charge is 0.373 e. The Balaban J connectivity index is 1.71. The maximum Gasteiger partial charge on any atom is 0.244 e. The normalized spacial score (nSPS) is 25.4. The van der Waals surface area contributed by atoms with Crippen LogP contribution in [-0.4, -0.2) is 64.0 Å². The molecule has 1 saturated heterocycles. The molecule has 2 heterocycles. The second kappa shape index (κ2) is 6.81. The number of carbonyl (C=O) groups excluding carboxylic acids is 1. The second-order valence-corrected chi connectivity index (χ2v) is 5.36. The van der Waals surface area contributed by atoms with Gasteiger partial charge in [-0.3, -0.25) is 9.69 Å². The fourth-order valence-electron chi connectivity index (χ4n) is 2.49. The smallest absolute Gasteiger partial charge is 0.244 e. The van der Waals surface area contributed by atoms with Crippen molar-refractivity contribution in [1.29, 1.82) is 0 Å². The summed E-state index contributed by atoms with van der Waals surface area (Å²) >= 11 is 0. The summed E-state index contributed by atoms with van der Waals surface area (Å²) in [5.41, 5.74) is 0. The fourth-order valence-corrected chi connectivity index (χ4v) is 2.49. The van der Waals surface area contributed by atoms with Gasteiger partial charge in [-0.25, -0.2) is 9.67 Å². The van der Waals surface area contributed by atoms with Crippen molar-refractivity contribution >= 4 is 5.91 Å². The molecule has 1 aliphatic rings. The van der Waals surface area contributed by atoms with E-state index < -0.39 is 0 Å². The van der Waals surface area contributed by atoms with Gasteiger partial charge in [-0.2, -0.15) is 5.10 Å². The molecule has 3 atom stereocenters. The topological polar surface area (TPSA) is 72.3 Å². The molecule has 1 amide bonds. The van der Waals surface area contributed by atoms with E-state index in [4.69, 9.17) is 4.74 Å². The molecule has 0 spiro atoms. The number of hydrogen-bond donors (Lipinski definition) is 1. The third-order valence-corrected chi connectivity index (χ3v) is 3.44. The summed E-state index contributed by atoms with van der Waals surface area (Å²) in [4.78, 5) is 18.1.